The highest BCUT2D eigenvalue weighted by molar-refractivity contribution is 7.85. The lowest BCUT2D eigenvalue weighted by Gasteiger charge is -2.63. The van der Waals surface area contributed by atoms with Crippen LogP contribution in [0.25, 0.3) is 0 Å². The van der Waals surface area contributed by atoms with Crippen LogP contribution in [-0.2, 0) is 29.5 Å². The maximum atomic E-state index is 12.2. The zero-order valence-corrected chi connectivity index (χ0v) is 24.7. The first-order chi connectivity index (χ1) is 18.0. The van der Waals surface area contributed by atoms with Crippen LogP contribution in [0.1, 0.15) is 78.6 Å². The van der Waals surface area contributed by atoms with Gasteiger partial charge in [-0.3, -0.25) is 13.9 Å². The van der Waals surface area contributed by atoms with Crippen LogP contribution in [0, 0.1) is 46.3 Å². The molecule has 13 heteroatoms. The van der Waals surface area contributed by atoms with Crippen molar-refractivity contribution in [3.63, 3.8) is 0 Å². The van der Waals surface area contributed by atoms with Crippen LogP contribution in [0.2, 0.25) is 0 Å². The van der Waals surface area contributed by atoms with Gasteiger partial charge in [-0.05, 0) is 97.7 Å². The number of amides is 1. The van der Waals surface area contributed by atoms with E-state index in [1.165, 1.54) is 0 Å². The van der Waals surface area contributed by atoms with Crippen LogP contribution in [-0.4, -0.2) is 72.7 Å². The van der Waals surface area contributed by atoms with E-state index in [-0.39, 0.29) is 59.8 Å². The molecule has 0 aromatic carbocycles. The van der Waals surface area contributed by atoms with Crippen LogP contribution >= 0.6 is 0 Å². The van der Waals surface area contributed by atoms with Gasteiger partial charge in [-0.25, -0.2) is 4.18 Å². The lowest BCUT2D eigenvalue weighted by Crippen LogP contribution is -2.62. The predicted octanol–water partition coefficient (Wildman–Crippen LogP) is 2.20. The van der Waals surface area contributed by atoms with Crippen molar-refractivity contribution in [1.82, 2.24) is 5.32 Å². The molecule has 0 radical (unpaired) electrons. The second-order valence-corrected chi connectivity index (χ2v) is 15.8. The highest BCUT2D eigenvalue weighted by atomic mass is 32.3. The quantitative estimate of drug-likeness (QED) is 0.247. The molecule has 0 aliphatic heterocycles. The minimum Gasteiger partial charge on any atom is -0.393 e. The Morgan fingerprint density at radius 1 is 1.03 bits per heavy atom. The van der Waals surface area contributed by atoms with Crippen LogP contribution in [0.3, 0.4) is 0 Å². The SMILES string of the molecule is C[C@H](CCC(=O)NCCS(=O)(=O)O)[C@H]1CCC2C3C(C[C@H](O)[C@@]21C)[C@@]1(C)CC[C@@H](OS(=O)(=O)O)C[C@H]1C[C@H]3O. The third-order valence-electron chi connectivity index (χ3n) is 11.3. The fourth-order valence-electron chi connectivity index (χ4n) is 9.34. The normalized spacial score (nSPS) is 43.2. The van der Waals surface area contributed by atoms with Crippen LogP contribution < -0.4 is 5.32 Å². The molecule has 0 heterocycles. The van der Waals surface area contributed by atoms with Crippen molar-refractivity contribution >= 4 is 26.4 Å². The molecule has 0 aromatic rings. The summed E-state index contributed by atoms with van der Waals surface area (Å²) in [5.74, 6) is -0.223. The van der Waals surface area contributed by atoms with E-state index in [0.29, 0.717) is 38.5 Å². The second kappa shape index (κ2) is 11.1. The second-order valence-electron chi connectivity index (χ2n) is 13.2. The molecule has 0 spiro atoms. The molecule has 5 N–H and O–H groups in total. The molecule has 4 fully saturated rings. The number of carbonyl (C=O) groups excluding carboxylic acids is 1. The lowest BCUT2D eigenvalue weighted by molar-refractivity contribution is -0.206. The summed E-state index contributed by atoms with van der Waals surface area (Å²) < 4.78 is 67.2. The molecule has 39 heavy (non-hydrogen) atoms. The number of fused-ring (bicyclic) bond motifs is 5. The first-order valence-corrected chi connectivity index (χ1v) is 17.2. The Morgan fingerprint density at radius 3 is 2.36 bits per heavy atom. The maximum absolute atomic E-state index is 12.2. The molecule has 4 aliphatic carbocycles. The van der Waals surface area contributed by atoms with Crippen molar-refractivity contribution in [1.29, 1.82) is 0 Å². The summed E-state index contributed by atoms with van der Waals surface area (Å²) in [4.78, 5) is 12.2. The summed E-state index contributed by atoms with van der Waals surface area (Å²) in [6, 6.07) is 0. The van der Waals surface area contributed by atoms with Gasteiger partial charge in [0.05, 0.1) is 24.1 Å². The van der Waals surface area contributed by atoms with Crippen molar-refractivity contribution in [2.45, 2.75) is 96.9 Å². The zero-order chi connectivity index (χ0) is 29.0. The van der Waals surface area contributed by atoms with E-state index >= 15 is 0 Å². The van der Waals surface area contributed by atoms with Gasteiger partial charge in [0, 0.05) is 13.0 Å². The van der Waals surface area contributed by atoms with Gasteiger partial charge in [0.15, 0.2) is 0 Å². The molecule has 11 nitrogen and oxygen atoms in total. The van der Waals surface area contributed by atoms with Crippen LogP contribution in [0.4, 0.5) is 0 Å². The average molecular weight is 596 g/mol. The Labute approximate surface area is 232 Å². The van der Waals surface area contributed by atoms with E-state index in [0.717, 1.165) is 12.8 Å². The number of carbonyl (C=O) groups is 1. The summed E-state index contributed by atoms with van der Waals surface area (Å²) in [7, 11) is -8.68. The molecular formula is C26H45NO10S2. The molecule has 0 aromatic heterocycles. The van der Waals surface area contributed by atoms with E-state index in [4.69, 9.17) is 13.3 Å². The highest BCUT2D eigenvalue weighted by Gasteiger charge is 2.65. The number of aliphatic hydroxyl groups is 2. The van der Waals surface area contributed by atoms with E-state index in [9.17, 15) is 31.8 Å². The summed E-state index contributed by atoms with van der Waals surface area (Å²) in [6.45, 7) is 6.29. The van der Waals surface area contributed by atoms with Gasteiger partial charge in [-0.1, -0.05) is 20.8 Å². The van der Waals surface area contributed by atoms with E-state index in [1.807, 2.05) is 0 Å². The Morgan fingerprint density at radius 2 is 1.72 bits per heavy atom. The molecule has 226 valence electrons. The maximum Gasteiger partial charge on any atom is 0.397 e. The van der Waals surface area contributed by atoms with Gasteiger partial charge in [-0.15, -0.1) is 0 Å². The summed E-state index contributed by atoms with van der Waals surface area (Å²) in [6.07, 6.45) is 3.58. The fourth-order valence-corrected chi connectivity index (χ4v) is 10.2. The molecule has 3 unspecified atom stereocenters. The molecule has 4 aliphatic rings. The molecular weight excluding hydrogens is 550 g/mol. The zero-order valence-electron chi connectivity index (χ0n) is 23.0. The first-order valence-electron chi connectivity index (χ1n) is 14.2. The van der Waals surface area contributed by atoms with Gasteiger partial charge in [-0.2, -0.15) is 16.8 Å². The number of rotatable bonds is 9. The number of hydrogen-bond donors (Lipinski definition) is 5. The smallest absolute Gasteiger partial charge is 0.393 e. The monoisotopic (exact) mass is 595 g/mol. The Hall–Kier alpha value is -0.830. The average Bonchev–Trinajstić information content (AvgIpc) is 3.16. The Kier molecular flexibility index (Phi) is 8.86. The van der Waals surface area contributed by atoms with E-state index < -0.39 is 50.0 Å². The molecule has 0 saturated heterocycles. The first kappa shape index (κ1) is 31.1. The molecule has 1 amide bonds. The Balaban J connectivity index is 1.43. The summed E-state index contributed by atoms with van der Waals surface area (Å²) >= 11 is 0. The van der Waals surface area contributed by atoms with Crippen molar-refractivity contribution in [2.75, 3.05) is 12.3 Å². The number of nitrogens with one attached hydrogen (secondary N) is 1. The molecule has 0 bridgehead atoms. The van der Waals surface area contributed by atoms with Gasteiger partial charge in [0.2, 0.25) is 5.91 Å². The van der Waals surface area contributed by atoms with E-state index in [2.05, 4.69) is 26.1 Å². The standard InChI is InChI=1S/C26H45NO10S2/c1-15(4-7-23(30)27-10-11-38(31,32)33)18-5-6-19-24-20(14-22(29)26(18,19)3)25(2)9-8-17(37-39(34,35)36)12-16(25)13-21(24)28/h15-22,24,28-29H,4-14H2,1-3H3,(H,27,30)(H,31,32,33)(H,34,35,36)/t15-,16+,17-,18-,19?,20?,21-,22+,24?,25+,26-/m1/s1. The predicted molar refractivity (Wildman–Crippen MR) is 142 cm³/mol. The molecule has 11 atom stereocenters. The van der Waals surface area contributed by atoms with Gasteiger partial charge < -0.3 is 15.5 Å². The number of aliphatic hydroxyl groups excluding tert-OH is 2. The summed E-state index contributed by atoms with van der Waals surface area (Å²) in [5.41, 5.74) is -0.577. The van der Waals surface area contributed by atoms with Crippen molar-refractivity contribution in [3.05, 3.63) is 0 Å². The van der Waals surface area contributed by atoms with Gasteiger partial charge in [0.1, 0.15) is 0 Å². The van der Waals surface area contributed by atoms with Crippen molar-refractivity contribution in [2.24, 2.45) is 46.3 Å². The van der Waals surface area contributed by atoms with Crippen molar-refractivity contribution in [3.8, 4) is 0 Å². The minimum absolute atomic E-state index is 0.0274. The van der Waals surface area contributed by atoms with Crippen LogP contribution in [0.5, 0.6) is 0 Å². The third-order valence-corrected chi connectivity index (χ3v) is 12.5. The summed E-state index contributed by atoms with van der Waals surface area (Å²) in [5, 5.41) is 25.7. The largest absolute Gasteiger partial charge is 0.397 e. The molecule has 4 rings (SSSR count). The van der Waals surface area contributed by atoms with Crippen molar-refractivity contribution < 1.29 is 45.1 Å². The number of hydrogen-bond acceptors (Lipinski definition) is 8. The highest BCUT2D eigenvalue weighted by Crippen LogP contribution is 2.68. The van der Waals surface area contributed by atoms with Gasteiger partial charge in [0.25, 0.3) is 10.1 Å². The fraction of sp³-hybridized carbons (Fsp3) is 0.962. The van der Waals surface area contributed by atoms with Crippen LogP contribution in [0.15, 0.2) is 0 Å². The minimum atomic E-state index is -4.54. The molecule has 4 saturated carbocycles. The lowest BCUT2D eigenvalue weighted by atomic mass is 9.43. The third kappa shape index (κ3) is 6.34. The van der Waals surface area contributed by atoms with Gasteiger partial charge >= 0.3 is 10.4 Å². The van der Waals surface area contributed by atoms with E-state index in [1.54, 1.807) is 0 Å². The topological polar surface area (TPSA) is 188 Å². The Bertz CT molecular complexity index is 1130.